The summed E-state index contributed by atoms with van der Waals surface area (Å²) in [6, 6.07) is 12.1. The third kappa shape index (κ3) is 4.61. The van der Waals surface area contributed by atoms with Crippen LogP contribution in [0.1, 0.15) is 18.4 Å². The predicted octanol–water partition coefficient (Wildman–Crippen LogP) is 2.62. The van der Waals surface area contributed by atoms with Gasteiger partial charge in [0.05, 0.1) is 12.0 Å². The van der Waals surface area contributed by atoms with Crippen LogP contribution in [0.15, 0.2) is 48.8 Å². The lowest BCUT2D eigenvalue weighted by molar-refractivity contribution is -0.136. The number of ether oxygens (including phenoxy) is 1. The number of nitrogens with zero attached hydrogens (tertiary/aromatic N) is 1. The topological polar surface area (TPSA) is 71.5 Å². The fourth-order valence-electron chi connectivity index (χ4n) is 3.45. The van der Waals surface area contributed by atoms with Crippen LogP contribution in [-0.2, 0) is 16.0 Å². The lowest BCUT2D eigenvalue weighted by atomic mass is 9.73. The molecule has 3 rings (SSSR count). The highest BCUT2D eigenvalue weighted by atomic mass is 35.5. The maximum atomic E-state index is 12.8. The molecule has 0 spiro atoms. The molecule has 6 heteroatoms. The van der Waals surface area contributed by atoms with Gasteiger partial charge in [-0.2, -0.15) is 0 Å². The van der Waals surface area contributed by atoms with Crippen molar-refractivity contribution in [3.05, 3.63) is 54.4 Å². The van der Waals surface area contributed by atoms with Crippen LogP contribution >= 0.6 is 12.4 Å². The summed E-state index contributed by atoms with van der Waals surface area (Å²) in [6.07, 6.45) is 5.63. The number of nitrogens with one attached hydrogen (secondary N) is 1. The number of aliphatic hydroxyl groups is 1. The number of halogens is 1. The van der Waals surface area contributed by atoms with E-state index in [1.807, 2.05) is 30.5 Å². The highest BCUT2D eigenvalue weighted by molar-refractivity contribution is 5.85. The Morgan fingerprint density at radius 2 is 1.96 bits per heavy atom. The summed E-state index contributed by atoms with van der Waals surface area (Å²) in [5.41, 5.74) is 2.80. The molecule has 0 aliphatic carbocycles. The molecule has 0 bridgehead atoms. The molecule has 0 atom stereocenters. The number of hydrogen-bond donors (Lipinski definition) is 2. The van der Waals surface area contributed by atoms with Crippen molar-refractivity contribution in [1.82, 2.24) is 10.3 Å². The first-order valence-corrected chi connectivity index (χ1v) is 8.70. The minimum atomic E-state index is -0.494. The summed E-state index contributed by atoms with van der Waals surface area (Å²) in [6.45, 7) is 1.40. The third-order valence-electron chi connectivity index (χ3n) is 4.85. The summed E-state index contributed by atoms with van der Waals surface area (Å²) in [4.78, 5) is 17.1. The van der Waals surface area contributed by atoms with Gasteiger partial charge in [-0.3, -0.25) is 9.78 Å². The number of pyridine rings is 1. The molecule has 1 aliphatic heterocycles. The van der Waals surface area contributed by atoms with Crippen molar-refractivity contribution in [2.75, 3.05) is 26.4 Å². The predicted molar refractivity (Wildman–Crippen MR) is 103 cm³/mol. The maximum Gasteiger partial charge on any atom is 0.226 e. The molecule has 1 aromatic carbocycles. The Morgan fingerprint density at radius 1 is 1.19 bits per heavy atom. The normalized spacial score (nSPS) is 15.7. The maximum absolute atomic E-state index is 12.8. The van der Waals surface area contributed by atoms with E-state index in [4.69, 9.17) is 9.84 Å². The first-order valence-electron chi connectivity index (χ1n) is 8.70. The zero-order valence-corrected chi connectivity index (χ0v) is 15.5. The minimum absolute atomic E-state index is 0. The van der Waals surface area contributed by atoms with Gasteiger partial charge in [0.2, 0.25) is 5.91 Å². The number of carbonyl (C=O) groups excluding carboxylic acids is 1. The lowest BCUT2D eigenvalue weighted by Gasteiger charge is -2.36. The van der Waals surface area contributed by atoms with Gasteiger partial charge in [0.1, 0.15) is 0 Å². The highest BCUT2D eigenvalue weighted by Crippen LogP contribution is 2.37. The quantitative estimate of drug-likeness (QED) is 0.813. The largest absolute Gasteiger partial charge is 0.395 e. The van der Waals surface area contributed by atoms with Crippen LogP contribution in [0.2, 0.25) is 0 Å². The van der Waals surface area contributed by atoms with Crippen molar-refractivity contribution in [3.8, 4) is 11.1 Å². The zero-order chi connectivity index (χ0) is 17.5. The Bertz CT molecular complexity index is 703. The van der Waals surface area contributed by atoms with Crippen molar-refractivity contribution in [2.24, 2.45) is 5.41 Å². The van der Waals surface area contributed by atoms with E-state index in [2.05, 4.69) is 22.4 Å². The van der Waals surface area contributed by atoms with Crippen molar-refractivity contribution >= 4 is 18.3 Å². The van der Waals surface area contributed by atoms with E-state index in [1.165, 1.54) is 0 Å². The molecular weight excluding hydrogens is 352 g/mol. The average molecular weight is 377 g/mol. The molecule has 1 amide bonds. The van der Waals surface area contributed by atoms with Crippen LogP contribution in [0.4, 0.5) is 0 Å². The Balaban J connectivity index is 0.00000243. The number of aliphatic hydroxyl groups excluding tert-OH is 1. The van der Waals surface area contributed by atoms with Gasteiger partial charge < -0.3 is 15.2 Å². The van der Waals surface area contributed by atoms with Gasteiger partial charge in [-0.25, -0.2) is 0 Å². The van der Waals surface area contributed by atoms with Gasteiger partial charge in [0.15, 0.2) is 0 Å². The standard InChI is InChI=1S/C20H24N2O3.ClH/c23-11-10-22-19(24)20(7-12-25-13-8-20)14-16-4-1-2-6-18(16)17-5-3-9-21-15-17;/h1-6,9,15,23H,7-8,10-14H2,(H,22,24);1H. The molecule has 140 valence electrons. The molecular formula is C20H25ClN2O3. The van der Waals surface area contributed by atoms with Crippen LogP contribution < -0.4 is 5.32 Å². The minimum Gasteiger partial charge on any atom is -0.395 e. The van der Waals surface area contributed by atoms with Crippen molar-refractivity contribution in [1.29, 1.82) is 0 Å². The fourth-order valence-corrected chi connectivity index (χ4v) is 3.45. The Labute approximate surface area is 160 Å². The molecule has 2 N–H and O–H groups in total. The Morgan fingerprint density at radius 3 is 2.65 bits per heavy atom. The second kappa shape index (κ2) is 9.67. The van der Waals surface area contributed by atoms with E-state index >= 15 is 0 Å². The van der Waals surface area contributed by atoms with Crippen LogP contribution in [0.3, 0.4) is 0 Å². The van der Waals surface area contributed by atoms with Gasteiger partial charge in [-0.15, -0.1) is 12.4 Å². The van der Waals surface area contributed by atoms with E-state index in [0.717, 1.165) is 16.7 Å². The summed E-state index contributed by atoms with van der Waals surface area (Å²) in [5.74, 6) is 0.00541. The molecule has 2 aromatic rings. The fraction of sp³-hybridized carbons (Fsp3) is 0.400. The number of carbonyl (C=O) groups is 1. The number of rotatable bonds is 6. The highest BCUT2D eigenvalue weighted by Gasteiger charge is 2.40. The molecule has 26 heavy (non-hydrogen) atoms. The summed E-state index contributed by atoms with van der Waals surface area (Å²) in [5, 5.41) is 11.9. The van der Waals surface area contributed by atoms with Crippen LogP contribution in [-0.4, -0.2) is 42.4 Å². The first kappa shape index (κ1) is 20.4. The molecule has 2 heterocycles. The lowest BCUT2D eigenvalue weighted by Crippen LogP contribution is -2.46. The smallest absolute Gasteiger partial charge is 0.226 e. The van der Waals surface area contributed by atoms with Gasteiger partial charge in [0, 0.05) is 37.7 Å². The van der Waals surface area contributed by atoms with Crippen LogP contribution in [0.5, 0.6) is 0 Å². The van der Waals surface area contributed by atoms with Crippen molar-refractivity contribution in [3.63, 3.8) is 0 Å². The molecule has 1 aliphatic rings. The van der Waals surface area contributed by atoms with Gasteiger partial charge >= 0.3 is 0 Å². The van der Waals surface area contributed by atoms with Gasteiger partial charge in [-0.1, -0.05) is 30.3 Å². The molecule has 1 fully saturated rings. The van der Waals surface area contributed by atoms with Crippen LogP contribution in [0.25, 0.3) is 11.1 Å². The van der Waals surface area contributed by atoms with E-state index < -0.39 is 5.41 Å². The summed E-state index contributed by atoms with van der Waals surface area (Å²) < 4.78 is 5.49. The number of aromatic nitrogens is 1. The molecule has 0 radical (unpaired) electrons. The zero-order valence-electron chi connectivity index (χ0n) is 14.7. The molecule has 0 unspecified atom stereocenters. The van der Waals surface area contributed by atoms with E-state index in [9.17, 15) is 4.79 Å². The number of benzene rings is 1. The van der Waals surface area contributed by atoms with Crippen molar-refractivity contribution in [2.45, 2.75) is 19.3 Å². The van der Waals surface area contributed by atoms with E-state index in [1.54, 1.807) is 6.20 Å². The summed E-state index contributed by atoms with van der Waals surface area (Å²) in [7, 11) is 0. The average Bonchev–Trinajstić information content (AvgIpc) is 2.68. The number of amides is 1. The Hall–Kier alpha value is -1.95. The second-order valence-electron chi connectivity index (χ2n) is 6.45. The second-order valence-corrected chi connectivity index (χ2v) is 6.45. The molecule has 0 saturated carbocycles. The molecule has 1 aromatic heterocycles. The molecule has 5 nitrogen and oxygen atoms in total. The number of hydrogen-bond acceptors (Lipinski definition) is 4. The van der Waals surface area contributed by atoms with Gasteiger partial charge in [-0.05, 0) is 36.5 Å². The SMILES string of the molecule is Cl.O=C(NCCO)C1(Cc2ccccc2-c2cccnc2)CCOCC1. The summed E-state index contributed by atoms with van der Waals surface area (Å²) >= 11 is 0. The van der Waals surface area contributed by atoms with E-state index in [-0.39, 0.29) is 31.5 Å². The van der Waals surface area contributed by atoms with Crippen molar-refractivity contribution < 1.29 is 14.6 Å². The van der Waals surface area contributed by atoms with Crippen LogP contribution in [0, 0.1) is 5.41 Å². The molecule has 1 saturated heterocycles. The monoisotopic (exact) mass is 376 g/mol. The first-order chi connectivity index (χ1) is 12.2. The Kier molecular flexibility index (Phi) is 7.57. The van der Waals surface area contributed by atoms with E-state index in [0.29, 0.717) is 32.5 Å². The van der Waals surface area contributed by atoms with Gasteiger partial charge in [0.25, 0.3) is 0 Å². The third-order valence-corrected chi connectivity index (χ3v) is 4.85.